The highest BCUT2D eigenvalue weighted by Gasteiger charge is 2.16. The van der Waals surface area contributed by atoms with Gasteiger partial charge in [0.15, 0.2) is 0 Å². The Morgan fingerprint density at radius 2 is 1.69 bits per heavy atom. The summed E-state index contributed by atoms with van der Waals surface area (Å²) in [6, 6.07) is 17.5. The van der Waals surface area contributed by atoms with Crippen LogP contribution in [-0.2, 0) is 23.1 Å². The van der Waals surface area contributed by atoms with Crippen molar-refractivity contribution in [2.45, 2.75) is 18.0 Å². The highest BCUT2D eigenvalue weighted by atomic mass is 32.2. The molecule has 6 nitrogen and oxygen atoms in total. The van der Waals surface area contributed by atoms with Crippen molar-refractivity contribution in [1.29, 1.82) is 0 Å². The summed E-state index contributed by atoms with van der Waals surface area (Å²) in [5.74, 6) is 0. The van der Waals surface area contributed by atoms with Crippen LogP contribution >= 0.6 is 0 Å². The number of aromatic nitrogens is 2. The zero-order valence-corrected chi connectivity index (χ0v) is 15.6. The van der Waals surface area contributed by atoms with Crippen LogP contribution in [-0.4, -0.2) is 32.3 Å². The zero-order valence-electron chi connectivity index (χ0n) is 14.8. The second-order valence-corrected chi connectivity index (χ2v) is 8.01. The molecule has 0 atom stereocenters. The van der Waals surface area contributed by atoms with Crippen LogP contribution in [0.1, 0.15) is 11.1 Å². The molecule has 0 aliphatic rings. The number of benzene rings is 2. The van der Waals surface area contributed by atoms with Gasteiger partial charge in [-0.1, -0.05) is 42.5 Å². The van der Waals surface area contributed by atoms with Gasteiger partial charge >= 0.3 is 0 Å². The molecule has 26 heavy (non-hydrogen) atoms. The molecule has 0 radical (unpaired) electrons. The van der Waals surface area contributed by atoms with Gasteiger partial charge in [-0.25, -0.2) is 13.1 Å². The van der Waals surface area contributed by atoms with Crippen LogP contribution < -0.4 is 9.62 Å². The molecule has 0 saturated carbocycles. The van der Waals surface area contributed by atoms with Crippen LogP contribution in [0.15, 0.2) is 71.9 Å². The van der Waals surface area contributed by atoms with Crippen molar-refractivity contribution in [3.8, 4) is 0 Å². The molecule has 0 aliphatic carbocycles. The van der Waals surface area contributed by atoms with E-state index in [4.69, 9.17) is 0 Å². The fraction of sp³-hybridized carbons (Fsp3) is 0.211. The Morgan fingerprint density at radius 1 is 1.00 bits per heavy atom. The number of nitrogens with one attached hydrogen (secondary N) is 1. The van der Waals surface area contributed by atoms with Gasteiger partial charge < -0.3 is 4.90 Å². The van der Waals surface area contributed by atoms with Gasteiger partial charge in [0.05, 0.1) is 12.7 Å². The number of hydrogen-bond donors (Lipinski definition) is 1. The average molecular weight is 370 g/mol. The summed E-state index contributed by atoms with van der Waals surface area (Å²) in [7, 11) is 0.326. The maximum atomic E-state index is 12.5. The van der Waals surface area contributed by atoms with Gasteiger partial charge in [0, 0.05) is 32.5 Å². The minimum atomic E-state index is -3.60. The van der Waals surface area contributed by atoms with Crippen LogP contribution in [0.25, 0.3) is 0 Å². The summed E-state index contributed by atoms with van der Waals surface area (Å²) in [4.78, 5) is 2.16. The molecule has 2 aromatic carbocycles. The average Bonchev–Trinajstić information content (AvgIpc) is 3.11. The molecule has 0 unspecified atom stereocenters. The molecule has 3 rings (SSSR count). The van der Waals surface area contributed by atoms with E-state index in [1.54, 1.807) is 10.9 Å². The van der Waals surface area contributed by atoms with Crippen LogP contribution in [0.2, 0.25) is 0 Å². The van der Waals surface area contributed by atoms with Crippen molar-refractivity contribution < 1.29 is 8.42 Å². The second-order valence-electron chi connectivity index (χ2n) is 6.24. The molecule has 0 fully saturated rings. The van der Waals surface area contributed by atoms with E-state index in [9.17, 15) is 8.42 Å². The topological polar surface area (TPSA) is 67.2 Å². The summed E-state index contributed by atoms with van der Waals surface area (Å²) in [6.45, 7) is 0.766. The Morgan fingerprint density at radius 3 is 2.35 bits per heavy atom. The number of rotatable bonds is 7. The molecular formula is C19H22N4O2S. The van der Waals surface area contributed by atoms with Crippen molar-refractivity contribution in [2.75, 3.05) is 19.0 Å². The SMILES string of the molecule is CN(C)c1ccc(CNS(=O)(=O)c2cnn(Cc3ccccc3)c2)cc1. The van der Waals surface area contributed by atoms with Crippen molar-refractivity contribution >= 4 is 15.7 Å². The third kappa shape index (κ3) is 4.50. The normalized spacial score (nSPS) is 11.5. The Bertz CT molecular complexity index is 949. The Labute approximate surface area is 154 Å². The monoisotopic (exact) mass is 370 g/mol. The van der Waals surface area contributed by atoms with E-state index in [2.05, 4.69) is 9.82 Å². The number of nitrogens with zero attached hydrogens (tertiary/aromatic N) is 3. The molecule has 0 spiro atoms. The smallest absolute Gasteiger partial charge is 0.243 e. The fourth-order valence-electron chi connectivity index (χ4n) is 2.51. The molecule has 7 heteroatoms. The van der Waals surface area contributed by atoms with E-state index >= 15 is 0 Å². The van der Waals surface area contributed by atoms with Gasteiger partial charge in [-0.3, -0.25) is 4.68 Å². The number of anilines is 1. The molecule has 0 aliphatic heterocycles. The molecule has 0 bridgehead atoms. The molecular weight excluding hydrogens is 348 g/mol. The van der Waals surface area contributed by atoms with E-state index in [1.165, 1.54) is 6.20 Å². The molecule has 136 valence electrons. The first-order valence-electron chi connectivity index (χ1n) is 8.26. The summed E-state index contributed by atoms with van der Waals surface area (Å²) in [5, 5.41) is 4.16. The van der Waals surface area contributed by atoms with Crippen molar-refractivity contribution in [3.63, 3.8) is 0 Å². The third-order valence-corrected chi connectivity index (χ3v) is 5.38. The Kier molecular flexibility index (Phi) is 5.39. The van der Waals surface area contributed by atoms with Crippen LogP contribution in [0, 0.1) is 0 Å². The first-order valence-corrected chi connectivity index (χ1v) is 9.75. The quantitative estimate of drug-likeness (QED) is 0.694. The highest BCUT2D eigenvalue weighted by molar-refractivity contribution is 7.89. The van der Waals surface area contributed by atoms with E-state index in [0.717, 1.165) is 16.8 Å². The lowest BCUT2D eigenvalue weighted by Gasteiger charge is -2.12. The zero-order chi connectivity index (χ0) is 18.6. The predicted octanol–water partition coefficient (Wildman–Crippen LogP) is 2.48. The minimum absolute atomic E-state index is 0.165. The van der Waals surface area contributed by atoms with E-state index in [1.807, 2.05) is 73.6 Å². The lowest BCUT2D eigenvalue weighted by atomic mass is 10.2. The van der Waals surface area contributed by atoms with Crippen LogP contribution in [0.3, 0.4) is 0 Å². The maximum absolute atomic E-state index is 12.5. The molecule has 1 N–H and O–H groups in total. The Balaban J connectivity index is 1.65. The largest absolute Gasteiger partial charge is 0.378 e. The number of sulfonamides is 1. The van der Waals surface area contributed by atoms with Gasteiger partial charge in [-0.05, 0) is 23.3 Å². The summed E-state index contributed by atoms with van der Waals surface area (Å²) in [6.07, 6.45) is 2.92. The van der Waals surface area contributed by atoms with Gasteiger partial charge in [-0.2, -0.15) is 5.10 Å². The van der Waals surface area contributed by atoms with Crippen LogP contribution in [0.4, 0.5) is 5.69 Å². The number of hydrogen-bond acceptors (Lipinski definition) is 4. The summed E-state index contributed by atoms with van der Waals surface area (Å²) >= 11 is 0. The first-order chi connectivity index (χ1) is 12.4. The molecule has 3 aromatic rings. The molecule has 0 saturated heterocycles. The van der Waals surface area contributed by atoms with Crippen molar-refractivity contribution in [3.05, 3.63) is 78.1 Å². The maximum Gasteiger partial charge on any atom is 0.243 e. The van der Waals surface area contributed by atoms with Crippen LogP contribution in [0.5, 0.6) is 0 Å². The van der Waals surface area contributed by atoms with Gasteiger partial charge in [0.1, 0.15) is 4.90 Å². The van der Waals surface area contributed by atoms with Crippen molar-refractivity contribution in [2.24, 2.45) is 0 Å². The molecule has 1 heterocycles. The predicted molar refractivity (Wildman–Crippen MR) is 103 cm³/mol. The van der Waals surface area contributed by atoms with Gasteiger partial charge in [0.25, 0.3) is 0 Å². The van der Waals surface area contributed by atoms with E-state index in [-0.39, 0.29) is 11.4 Å². The van der Waals surface area contributed by atoms with Gasteiger partial charge in [-0.15, -0.1) is 0 Å². The lowest BCUT2D eigenvalue weighted by molar-refractivity contribution is 0.581. The molecule has 0 amide bonds. The van der Waals surface area contributed by atoms with Crippen molar-refractivity contribution in [1.82, 2.24) is 14.5 Å². The van der Waals surface area contributed by atoms with Gasteiger partial charge in [0.2, 0.25) is 10.0 Å². The van der Waals surface area contributed by atoms with E-state index < -0.39 is 10.0 Å². The summed E-state index contributed by atoms with van der Waals surface area (Å²) in [5.41, 5.74) is 3.03. The second kappa shape index (κ2) is 7.72. The summed E-state index contributed by atoms with van der Waals surface area (Å²) < 4.78 is 29.2. The first kappa shape index (κ1) is 18.2. The standard InChI is InChI=1S/C19H22N4O2S/c1-22(2)18-10-8-16(9-11-18)12-21-26(24,25)19-13-20-23(15-19)14-17-6-4-3-5-7-17/h3-11,13,15,21H,12,14H2,1-2H3. The fourth-order valence-corrected chi connectivity index (χ4v) is 3.48. The lowest BCUT2D eigenvalue weighted by Crippen LogP contribution is -2.23. The highest BCUT2D eigenvalue weighted by Crippen LogP contribution is 2.14. The Hall–Kier alpha value is -2.64. The van der Waals surface area contributed by atoms with E-state index in [0.29, 0.717) is 6.54 Å². The minimum Gasteiger partial charge on any atom is -0.378 e. The third-order valence-electron chi connectivity index (χ3n) is 4.03. The molecule has 1 aromatic heterocycles.